The second-order valence-electron chi connectivity index (χ2n) is 10.5. The highest BCUT2D eigenvalue weighted by molar-refractivity contribution is 7.92. The van der Waals surface area contributed by atoms with Gasteiger partial charge in [-0.3, -0.25) is 13.9 Å². The molecule has 7 nitrogen and oxygen atoms in total. The number of carbonyl (C=O) groups excluding carboxylic acids is 2. The molecule has 0 bridgehead atoms. The number of benzene rings is 3. The zero-order valence-electron chi connectivity index (χ0n) is 23.4. The molecule has 3 aromatic carbocycles. The number of aryl methyl sites for hydroxylation is 2. The van der Waals surface area contributed by atoms with Crippen LogP contribution in [0.25, 0.3) is 0 Å². The van der Waals surface area contributed by atoms with E-state index in [1.807, 2.05) is 13.0 Å². The Morgan fingerprint density at radius 1 is 0.951 bits per heavy atom. The molecule has 1 aliphatic carbocycles. The maximum Gasteiger partial charge on any atom is 0.264 e. The summed E-state index contributed by atoms with van der Waals surface area (Å²) < 4.78 is 29.0. The first-order chi connectivity index (χ1) is 19.5. The maximum absolute atomic E-state index is 14.1. The maximum atomic E-state index is 14.1. The van der Waals surface area contributed by atoms with E-state index in [0.717, 1.165) is 35.6 Å². The second kappa shape index (κ2) is 13.3. The first kappa shape index (κ1) is 30.9. The summed E-state index contributed by atoms with van der Waals surface area (Å²) in [5.41, 5.74) is 2.52. The van der Waals surface area contributed by atoms with Gasteiger partial charge in [-0.1, -0.05) is 78.0 Å². The van der Waals surface area contributed by atoms with Crippen LogP contribution in [0.5, 0.6) is 0 Å². The number of hydrogen-bond acceptors (Lipinski definition) is 4. The van der Waals surface area contributed by atoms with E-state index in [0.29, 0.717) is 26.9 Å². The van der Waals surface area contributed by atoms with Crippen molar-refractivity contribution in [3.8, 4) is 0 Å². The monoisotopic (exact) mass is 615 g/mol. The fourth-order valence-corrected chi connectivity index (χ4v) is 7.16. The molecule has 1 aliphatic rings. The van der Waals surface area contributed by atoms with Crippen molar-refractivity contribution < 1.29 is 18.0 Å². The fourth-order valence-electron chi connectivity index (χ4n) is 5.15. The molecule has 1 atom stereocenters. The summed E-state index contributed by atoms with van der Waals surface area (Å²) in [5, 5.41) is 3.75. The van der Waals surface area contributed by atoms with Crippen molar-refractivity contribution in [3.05, 3.63) is 93.5 Å². The first-order valence-electron chi connectivity index (χ1n) is 13.7. The number of amides is 2. The summed E-state index contributed by atoms with van der Waals surface area (Å²) in [5.74, 6) is -0.869. The molecule has 0 radical (unpaired) electrons. The van der Waals surface area contributed by atoms with Crippen LogP contribution in [0.3, 0.4) is 0 Å². The molecule has 41 heavy (non-hydrogen) atoms. The van der Waals surface area contributed by atoms with E-state index >= 15 is 0 Å². The molecule has 4 rings (SSSR count). The molecule has 0 aromatic heterocycles. The zero-order valence-corrected chi connectivity index (χ0v) is 25.8. The predicted molar refractivity (Wildman–Crippen MR) is 164 cm³/mol. The quantitative estimate of drug-likeness (QED) is 0.291. The van der Waals surface area contributed by atoms with Gasteiger partial charge in [0.25, 0.3) is 10.0 Å². The van der Waals surface area contributed by atoms with Crippen LogP contribution in [-0.2, 0) is 26.2 Å². The van der Waals surface area contributed by atoms with Gasteiger partial charge in [0, 0.05) is 28.2 Å². The van der Waals surface area contributed by atoms with Gasteiger partial charge in [0.2, 0.25) is 11.8 Å². The standard InChI is InChI=1S/C31H35Cl2N3O4S/c1-21-16-17-29(22(2)18-21)36(41(39,40)25-12-5-4-6-13-25)20-30(37)35(19-26-27(32)14-9-15-28(26)33)23(3)31(38)34-24-10-7-8-11-24/h4-6,9,12-18,23-24H,7-8,10-11,19-20H2,1-3H3,(H,34,38)/t23-/m0/s1. The topological polar surface area (TPSA) is 86.8 Å². The number of halogens is 2. The minimum atomic E-state index is -4.14. The van der Waals surface area contributed by atoms with Gasteiger partial charge in [-0.25, -0.2) is 8.42 Å². The van der Waals surface area contributed by atoms with Crippen molar-refractivity contribution in [1.29, 1.82) is 0 Å². The molecule has 1 saturated carbocycles. The number of nitrogens with zero attached hydrogens (tertiary/aromatic N) is 2. The third-order valence-corrected chi connectivity index (χ3v) is 9.97. The molecule has 0 aliphatic heterocycles. The third-order valence-electron chi connectivity index (χ3n) is 7.49. The van der Waals surface area contributed by atoms with Crippen LogP contribution in [0.1, 0.15) is 49.3 Å². The largest absolute Gasteiger partial charge is 0.352 e. The minimum Gasteiger partial charge on any atom is -0.352 e. The van der Waals surface area contributed by atoms with Gasteiger partial charge in [-0.15, -0.1) is 0 Å². The van der Waals surface area contributed by atoms with Gasteiger partial charge < -0.3 is 10.2 Å². The van der Waals surface area contributed by atoms with Crippen molar-refractivity contribution in [1.82, 2.24) is 10.2 Å². The fraction of sp³-hybridized carbons (Fsp3) is 0.355. The van der Waals surface area contributed by atoms with Crippen molar-refractivity contribution in [3.63, 3.8) is 0 Å². The van der Waals surface area contributed by atoms with E-state index in [-0.39, 0.29) is 23.4 Å². The number of hydrogen-bond donors (Lipinski definition) is 1. The van der Waals surface area contributed by atoms with E-state index < -0.39 is 28.5 Å². The molecule has 0 heterocycles. The molecule has 218 valence electrons. The van der Waals surface area contributed by atoms with Crippen LogP contribution in [0.4, 0.5) is 5.69 Å². The minimum absolute atomic E-state index is 0.0518. The number of anilines is 1. The van der Waals surface area contributed by atoms with Gasteiger partial charge >= 0.3 is 0 Å². The molecule has 0 unspecified atom stereocenters. The van der Waals surface area contributed by atoms with Crippen molar-refractivity contribution >= 4 is 50.7 Å². The highest BCUT2D eigenvalue weighted by atomic mass is 35.5. The Balaban J connectivity index is 1.73. The van der Waals surface area contributed by atoms with Gasteiger partial charge in [0.15, 0.2) is 0 Å². The normalized spacial score (nSPS) is 14.5. The summed E-state index contributed by atoms with van der Waals surface area (Å²) >= 11 is 12.9. The second-order valence-corrected chi connectivity index (χ2v) is 13.2. The lowest BCUT2D eigenvalue weighted by atomic mass is 10.1. The predicted octanol–water partition coefficient (Wildman–Crippen LogP) is 6.28. The van der Waals surface area contributed by atoms with Crippen LogP contribution in [0.2, 0.25) is 10.0 Å². The average Bonchev–Trinajstić information content (AvgIpc) is 3.45. The van der Waals surface area contributed by atoms with E-state index in [1.165, 1.54) is 17.0 Å². The molecular formula is C31H35Cl2N3O4S. The third kappa shape index (κ3) is 7.23. The molecular weight excluding hydrogens is 581 g/mol. The van der Waals surface area contributed by atoms with E-state index in [1.54, 1.807) is 62.4 Å². The summed E-state index contributed by atoms with van der Waals surface area (Å²) in [6, 6.07) is 17.5. The Kier molecular flexibility index (Phi) is 10.00. The van der Waals surface area contributed by atoms with Gasteiger partial charge in [-0.2, -0.15) is 0 Å². The average molecular weight is 617 g/mol. The number of carbonyl (C=O) groups is 2. The summed E-state index contributed by atoms with van der Waals surface area (Å²) in [4.78, 5) is 28.9. The van der Waals surface area contributed by atoms with Crippen LogP contribution in [-0.4, -0.2) is 43.8 Å². The van der Waals surface area contributed by atoms with Crippen LogP contribution < -0.4 is 9.62 Å². The van der Waals surface area contributed by atoms with Crippen molar-refractivity contribution in [2.75, 3.05) is 10.8 Å². The lowest BCUT2D eigenvalue weighted by Gasteiger charge is -2.33. The number of nitrogens with one attached hydrogen (secondary N) is 1. The lowest BCUT2D eigenvalue weighted by Crippen LogP contribution is -2.52. The van der Waals surface area contributed by atoms with Gasteiger partial charge in [0.05, 0.1) is 10.6 Å². The molecule has 1 fully saturated rings. The van der Waals surface area contributed by atoms with Gasteiger partial charge in [-0.05, 0) is 69.5 Å². The van der Waals surface area contributed by atoms with Gasteiger partial charge in [0.1, 0.15) is 12.6 Å². The summed E-state index contributed by atoms with van der Waals surface area (Å²) in [6.07, 6.45) is 3.86. The Bertz CT molecular complexity index is 1490. The zero-order chi connectivity index (χ0) is 29.7. The molecule has 10 heteroatoms. The molecule has 2 amide bonds. The number of rotatable bonds is 10. The Morgan fingerprint density at radius 2 is 1.59 bits per heavy atom. The Morgan fingerprint density at radius 3 is 2.20 bits per heavy atom. The lowest BCUT2D eigenvalue weighted by molar-refractivity contribution is -0.139. The van der Waals surface area contributed by atoms with E-state index in [2.05, 4.69) is 5.32 Å². The molecule has 1 N–H and O–H groups in total. The molecule has 0 spiro atoms. The van der Waals surface area contributed by atoms with Crippen molar-refractivity contribution in [2.45, 2.75) is 70.0 Å². The highest BCUT2D eigenvalue weighted by Gasteiger charge is 2.34. The summed E-state index contributed by atoms with van der Waals surface area (Å²) in [6.45, 7) is 4.77. The van der Waals surface area contributed by atoms with E-state index in [4.69, 9.17) is 23.2 Å². The first-order valence-corrected chi connectivity index (χ1v) is 15.9. The molecule has 0 saturated heterocycles. The SMILES string of the molecule is Cc1ccc(N(CC(=O)N(Cc2c(Cl)cccc2Cl)[C@@H](C)C(=O)NC2CCCC2)S(=O)(=O)c2ccccc2)c(C)c1. The Hall–Kier alpha value is -3.07. The van der Waals surface area contributed by atoms with Crippen molar-refractivity contribution in [2.24, 2.45) is 0 Å². The summed E-state index contributed by atoms with van der Waals surface area (Å²) in [7, 11) is -4.14. The van der Waals surface area contributed by atoms with Crippen LogP contribution in [0, 0.1) is 13.8 Å². The van der Waals surface area contributed by atoms with E-state index in [9.17, 15) is 18.0 Å². The number of sulfonamides is 1. The van der Waals surface area contributed by atoms with Crippen LogP contribution in [0.15, 0.2) is 71.6 Å². The van der Waals surface area contributed by atoms with Crippen LogP contribution >= 0.6 is 23.2 Å². The highest BCUT2D eigenvalue weighted by Crippen LogP contribution is 2.30. The smallest absolute Gasteiger partial charge is 0.264 e. The Labute approximate surface area is 252 Å². The molecule has 3 aromatic rings.